The number of benzene rings is 1. The summed E-state index contributed by atoms with van der Waals surface area (Å²) in [6.45, 7) is 2.19. The Hall–Kier alpha value is -1.44. The van der Waals surface area contributed by atoms with Crippen molar-refractivity contribution in [1.82, 2.24) is 7.36 Å². The van der Waals surface area contributed by atoms with E-state index in [2.05, 4.69) is 25.7 Å². The van der Waals surface area contributed by atoms with E-state index in [9.17, 15) is 4.79 Å². The summed E-state index contributed by atoms with van der Waals surface area (Å²) in [6.07, 6.45) is 8.00. The normalized spacial score (nSPS) is 10.8. The standard InChI is InChI=1S/C15H15N2O2.Tl/c1-2-19-15(18)8-7-12-3-5-13(6-4-12)9-14-10-16-11-17-14;/h3-8,10-11H,2,9H2,1H3;/q-1;+1/b8-7+;. The summed E-state index contributed by atoms with van der Waals surface area (Å²) < 4.78 is 6.94. The number of rotatable bonds is 5. The van der Waals surface area contributed by atoms with Crippen molar-refractivity contribution in [1.29, 1.82) is 0 Å². The van der Waals surface area contributed by atoms with Gasteiger partial charge in [0.05, 0.1) is 6.61 Å². The molecule has 0 amide bonds. The molecule has 20 heavy (non-hydrogen) atoms. The third-order valence-corrected chi connectivity index (χ3v) is 3.82. The van der Waals surface area contributed by atoms with Crippen LogP contribution in [0.2, 0.25) is 0 Å². The summed E-state index contributed by atoms with van der Waals surface area (Å²) in [6, 6.07) is 8.09. The van der Waals surface area contributed by atoms with E-state index in [0.29, 0.717) is 6.61 Å². The SMILES string of the molecule is CCOC(=O)/C=C/c1ccc(Cc2c[n]([Tl])cn2)cc1. The molecule has 0 unspecified atom stereocenters. The topological polar surface area (TPSA) is 44.1 Å². The van der Waals surface area contributed by atoms with E-state index in [1.807, 2.05) is 18.5 Å². The molecular formula is C15H15N2O2Tl. The zero-order valence-electron chi connectivity index (χ0n) is 11.3. The zero-order valence-corrected chi connectivity index (χ0v) is 15.8. The van der Waals surface area contributed by atoms with E-state index in [-0.39, 0.29) is 5.97 Å². The van der Waals surface area contributed by atoms with Crippen LogP contribution in [0.3, 0.4) is 0 Å². The predicted molar refractivity (Wildman–Crippen MR) is 78.3 cm³/mol. The minimum absolute atomic E-state index is 0.310. The second kappa shape index (κ2) is 7.37. The average Bonchev–Trinajstić information content (AvgIpc) is 2.84. The van der Waals surface area contributed by atoms with E-state index in [1.54, 1.807) is 13.0 Å². The van der Waals surface area contributed by atoms with E-state index in [0.717, 1.165) is 43.7 Å². The molecule has 2 rings (SSSR count). The van der Waals surface area contributed by atoms with Gasteiger partial charge in [0.2, 0.25) is 0 Å². The summed E-state index contributed by atoms with van der Waals surface area (Å²) in [5, 5.41) is 0. The molecule has 0 saturated heterocycles. The molecule has 0 aliphatic rings. The summed E-state index contributed by atoms with van der Waals surface area (Å²) in [7, 11) is 0. The third-order valence-electron chi connectivity index (χ3n) is 2.72. The van der Waals surface area contributed by atoms with Crippen LogP contribution in [0.4, 0.5) is 0 Å². The Bertz CT molecular complexity index is 603. The van der Waals surface area contributed by atoms with Crippen molar-refractivity contribution in [2.45, 2.75) is 13.3 Å². The summed E-state index contributed by atoms with van der Waals surface area (Å²) in [5.74, 6) is -0.310. The molecule has 0 fully saturated rings. The first-order chi connectivity index (χ1) is 9.67. The Morgan fingerprint density at radius 3 is 2.75 bits per heavy atom. The first-order valence-corrected chi connectivity index (χ1v) is 8.40. The van der Waals surface area contributed by atoms with Gasteiger partial charge in [0.25, 0.3) is 0 Å². The van der Waals surface area contributed by atoms with Crippen LogP contribution in [0.25, 0.3) is 6.08 Å². The number of hydrogen-bond acceptors (Lipinski definition) is 3. The second-order valence-electron chi connectivity index (χ2n) is 4.32. The third kappa shape index (κ3) is 4.59. The van der Waals surface area contributed by atoms with Crippen LogP contribution in [-0.2, 0) is 16.0 Å². The molecule has 0 N–H and O–H groups in total. The molecule has 0 atom stereocenters. The number of carbonyl (C=O) groups excluding carboxylic acids is 1. The van der Waals surface area contributed by atoms with Gasteiger partial charge in [0.1, 0.15) is 0 Å². The Morgan fingerprint density at radius 2 is 2.15 bits per heavy atom. The molecule has 0 bridgehead atoms. The van der Waals surface area contributed by atoms with Gasteiger partial charge in [0.15, 0.2) is 0 Å². The molecule has 5 heteroatoms. The molecular weight excluding hydrogens is 445 g/mol. The van der Waals surface area contributed by atoms with E-state index in [4.69, 9.17) is 4.74 Å². The van der Waals surface area contributed by atoms with E-state index >= 15 is 0 Å². The van der Waals surface area contributed by atoms with Crippen LogP contribution in [0.15, 0.2) is 42.9 Å². The van der Waals surface area contributed by atoms with Crippen LogP contribution in [0, 0.1) is 0 Å². The zero-order chi connectivity index (χ0) is 14.4. The number of esters is 1. The Labute approximate surface area is 134 Å². The van der Waals surface area contributed by atoms with Gasteiger partial charge >= 0.3 is 121 Å². The van der Waals surface area contributed by atoms with Crippen LogP contribution >= 0.6 is 0 Å². The number of aromatic nitrogens is 2. The Kier molecular flexibility index (Phi) is 5.51. The van der Waals surface area contributed by atoms with Crippen molar-refractivity contribution in [3.8, 4) is 0 Å². The molecule has 1 aromatic carbocycles. The van der Waals surface area contributed by atoms with Crippen molar-refractivity contribution in [3.05, 3.63) is 59.7 Å². The summed E-state index contributed by atoms with van der Waals surface area (Å²) in [5.41, 5.74) is 3.28. The average molecular weight is 460 g/mol. The van der Waals surface area contributed by atoms with Crippen LogP contribution in [-0.4, -0.2) is 46.0 Å². The van der Waals surface area contributed by atoms with Crippen LogP contribution in [0.5, 0.6) is 0 Å². The fraction of sp³-hybridized carbons (Fsp3) is 0.200. The van der Waals surface area contributed by atoms with Gasteiger partial charge < -0.3 is 0 Å². The van der Waals surface area contributed by atoms with Crippen molar-refractivity contribution >= 4 is 38.1 Å². The summed E-state index contributed by atoms with van der Waals surface area (Å²) in [4.78, 5) is 15.6. The van der Waals surface area contributed by atoms with Crippen molar-refractivity contribution < 1.29 is 9.53 Å². The summed E-state index contributed by atoms with van der Waals surface area (Å²) >= 11 is 0.761. The fourth-order valence-electron chi connectivity index (χ4n) is 1.78. The Balaban J connectivity index is 1.97. The maximum absolute atomic E-state index is 11.2. The van der Waals surface area contributed by atoms with E-state index < -0.39 is 0 Å². The second-order valence-corrected chi connectivity index (χ2v) is 6.63. The molecule has 100 valence electrons. The Morgan fingerprint density at radius 1 is 1.40 bits per heavy atom. The van der Waals surface area contributed by atoms with Gasteiger partial charge in [0, 0.05) is 0 Å². The molecule has 0 aliphatic heterocycles. The van der Waals surface area contributed by atoms with Gasteiger partial charge in [-0.3, -0.25) is 0 Å². The number of carbonyl (C=O) groups is 1. The first kappa shape index (κ1) is 15.0. The molecule has 2 aromatic rings. The monoisotopic (exact) mass is 460 g/mol. The molecule has 4 nitrogen and oxygen atoms in total. The molecule has 1 heterocycles. The van der Waals surface area contributed by atoms with Gasteiger partial charge in [-0.1, -0.05) is 0 Å². The van der Waals surface area contributed by atoms with Gasteiger partial charge in [-0.2, -0.15) is 0 Å². The van der Waals surface area contributed by atoms with E-state index in [1.165, 1.54) is 11.6 Å². The van der Waals surface area contributed by atoms with Gasteiger partial charge in [-0.25, -0.2) is 0 Å². The quantitative estimate of drug-likeness (QED) is 0.390. The number of hydrogen-bond donors (Lipinski definition) is 0. The minimum atomic E-state index is -0.310. The molecule has 0 radical (unpaired) electrons. The molecule has 1 aromatic heterocycles. The number of imidazole rings is 1. The molecule has 0 saturated carbocycles. The fourth-order valence-corrected chi connectivity index (χ4v) is 2.71. The predicted octanol–water partition coefficient (Wildman–Crippen LogP) is 1.98. The maximum atomic E-state index is 11.2. The molecule has 0 spiro atoms. The van der Waals surface area contributed by atoms with Gasteiger partial charge in [-0.15, -0.1) is 0 Å². The number of ether oxygens (including phenoxy) is 1. The number of nitrogens with zero attached hydrogens (tertiary/aromatic N) is 2. The van der Waals surface area contributed by atoms with Crippen molar-refractivity contribution in [2.24, 2.45) is 0 Å². The first-order valence-electron chi connectivity index (χ1n) is 6.39. The van der Waals surface area contributed by atoms with Crippen molar-refractivity contribution in [3.63, 3.8) is 0 Å². The van der Waals surface area contributed by atoms with Gasteiger partial charge in [-0.05, 0) is 6.92 Å². The molecule has 0 aliphatic carbocycles. The van der Waals surface area contributed by atoms with Crippen molar-refractivity contribution in [2.75, 3.05) is 6.61 Å². The van der Waals surface area contributed by atoms with Crippen LogP contribution in [0.1, 0.15) is 23.7 Å². The van der Waals surface area contributed by atoms with Crippen LogP contribution < -0.4 is 0 Å².